The topological polar surface area (TPSA) is 84.3 Å². The molecule has 0 aromatic carbocycles. The molecule has 0 saturated heterocycles. The second-order valence-electron chi connectivity index (χ2n) is 5.90. The van der Waals surface area contributed by atoms with Crippen molar-refractivity contribution in [2.24, 2.45) is 0 Å². The summed E-state index contributed by atoms with van der Waals surface area (Å²) >= 11 is 6.75. The van der Waals surface area contributed by atoms with Gasteiger partial charge in [-0.2, -0.15) is 4.31 Å². The van der Waals surface area contributed by atoms with E-state index in [-0.39, 0.29) is 23.2 Å². The van der Waals surface area contributed by atoms with Crippen molar-refractivity contribution in [3.63, 3.8) is 0 Å². The predicted molar refractivity (Wildman–Crippen MR) is 96.2 cm³/mol. The molecule has 3 heterocycles. The fraction of sp³-hybridized carbons (Fsp3) is 0.467. The Kier molecular flexibility index (Phi) is 5.47. The number of aromatic nitrogens is 2. The van der Waals surface area contributed by atoms with Gasteiger partial charge in [0.2, 0.25) is 5.91 Å². The Labute approximate surface area is 155 Å². The van der Waals surface area contributed by atoms with Gasteiger partial charge >= 0.3 is 0 Å². The Morgan fingerprint density at radius 2 is 2.24 bits per heavy atom. The van der Waals surface area contributed by atoms with E-state index >= 15 is 0 Å². The van der Waals surface area contributed by atoms with Crippen molar-refractivity contribution in [1.82, 2.24) is 19.2 Å². The van der Waals surface area contributed by atoms with Crippen molar-refractivity contribution in [3.05, 3.63) is 34.2 Å². The maximum Gasteiger partial charge on any atom is 0.252 e. The smallest absolute Gasteiger partial charge is 0.252 e. The molecule has 0 aliphatic carbocycles. The highest BCUT2D eigenvalue weighted by Gasteiger charge is 2.24. The van der Waals surface area contributed by atoms with E-state index in [1.54, 1.807) is 0 Å². The van der Waals surface area contributed by atoms with Crippen molar-refractivity contribution in [3.8, 4) is 0 Å². The number of likely N-dealkylation sites (N-methyl/N-ethyl adjacent to an activating group) is 1. The van der Waals surface area contributed by atoms with Gasteiger partial charge in [0, 0.05) is 26.2 Å². The third-order valence-corrected chi connectivity index (χ3v) is 7.51. The lowest BCUT2D eigenvalue weighted by molar-refractivity contribution is -0.121. The largest absolute Gasteiger partial charge is 0.349 e. The number of carbonyl (C=O) groups is 1. The molecular formula is C15H19ClN4O3S2. The molecule has 25 heavy (non-hydrogen) atoms. The Bertz CT molecular complexity index is 852. The van der Waals surface area contributed by atoms with Crippen LogP contribution in [0.2, 0.25) is 4.34 Å². The normalized spacial score (nSPS) is 14.5. The summed E-state index contributed by atoms with van der Waals surface area (Å²) in [6.45, 7) is 0.990. The molecule has 0 saturated carbocycles. The predicted octanol–water partition coefficient (Wildman–Crippen LogP) is 1.87. The van der Waals surface area contributed by atoms with Gasteiger partial charge in [0.25, 0.3) is 10.0 Å². The summed E-state index contributed by atoms with van der Waals surface area (Å²) in [5.41, 5.74) is 0.792. The summed E-state index contributed by atoms with van der Waals surface area (Å²) < 4.78 is 28.4. The van der Waals surface area contributed by atoms with Crippen LogP contribution in [0.25, 0.3) is 0 Å². The SMILES string of the molecule is CN(CC(=O)NCc1cn2c(n1)CCCC2)S(=O)(=O)c1ccc(Cl)s1. The fourth-order valence-electron chi connectivity index (χ4n) is 2.68. The number of rotatable bonds is 6. The van der Waals surface area contributed by atoms with Crippen molar-refractivity contribution < 1.29 is 13.2 Å². The maximum atomic E-state index is 12.4. The van der Waals surface area contributed by atoms with E-state index < -0.39 is 10.0 Å². The van der Waals surface area contributed by atoms with Crippen LogP contribution in [0.15, 0.2) is 22.5 Å². The van der Waals surface area contributed by atoms with Gasteiger partial charge in [0.1, 0.15) is 10.0 Å². The van der Waals surface area contributed by atoms with Crippen molar-refractivity contribution in [1.29, 1.82) is 0 Å². The number of amides is 1. The minimum Gasteiger partial charge on any atom is -0.349 e. The summed E-state index contributed by atoms with van der Waals surface area (Å²) in [5.74, 6) is 0.671. The first-order valence-electron chi connectivity index (χ1n) is 7.89. The third kappa shape index (κ3) is 4.22. The minimum absolute atomic E-state index is 0.120. The summed E-state index contributed by atoms with van der Waals surface area (Å²) in [4.78, 5) is 16.6. The van der Waals surface area contributed by atoms with Crippen LogP contribution < -0.4 is 5.32 Å². The van der Waals surface area contributed by atoms with Gasteiger partial charge in [0.05, 0.1) is 23.1 Å². The van der Waals surface area contributed by atoms with E-state index in [1.165, 1.54) is 19.2 Å². The van der Waals surface area contributed by atoms with Gasteiger partial charge in [0.15, 0.2) is 0 Å². The summed E-state index contributed by atoms with van der Waals surface area (Å²) in [7, 11) is -2.34. The molecule has 10 heteroatoms. The summed E-state index contributed by atoms with van der Waals surface area (Å²) in [5, 5.41) is 2.72. The molecule has 1 aliphatic rings. The first-order valence-corrected chi connectivity index (χ1v) is 10.5. The average molecular weight is 403 g/mol. The molecule has 136 valence electrons. The highest BCUT2D eigenvalue weighted by molar-refractivity contribution is 7.91. The lowest BCUT2D eigenvalue weighted by atomic mass is 10.2. The zero-order chi connectivity index (χ0) is 18.0. The zero-order valence-electron chi connectivity index (χ0n) is 13.7. The van der Waals surface area contributed by atoms with Crippen LogP contribution in [0.4, 0.5) is 0 Å². The van der Waals surface area contributed by atoms with Crippen LogP contribution in [0, 0.1) is 0 Å². The van der Waals surface area contributed by atoms with E-state index in [0.717, 1.165) is 53.0 Å². The molecule has 0 unspecified atom stereocenters. The third-order valence-electron chi connectivity index (χ3n) is 4.00. The number of thiophene rings is 1. The first-order chi connectivity index (χ1) is 11.9. The molecule has 0 bridgehead atoms. The maximum absolute atomic E-state index is 12.4. The fourth-order valence-corrected chi connectivity index (χ4v) is 5.50. The standard InChI is InChI=1S/C15H19ClN4O3S2/c1-19(25(22,23)15-6-5-12(16)24-15)10-14(21)17-8-11-9-20-7-3-2-4-13(20)18-11/h5-6,9H,2-4,7-8,10H2,1H3,(H,17,21). The number of fused-ring (bicyclic) bond motifs is 1. The van der Waals surface area contributed by atoms with Crippen molar-refractivity contribution in [2.45, 2.75) is 36.6 Å². The summed E-state index contributed by atoms with van der Waals surface area (Å²) in [6, 6.07) is 2.96. The Morgan fingerprint density at radius 1 is 1.44 bits per heavy atom. The molecule has 7 nitrogen and oxygen atoms in total. The molecule has 1 N–H and O–H groups in total. The zero-order valence-corrected chi connectivity index (χ0v) is 16.1. The quantitative estimate of drug-likeness (QED) is 0.799. The second kappa shape index (κ2) is 7.45. The molecule has 2 aromatic heterocycles. The van der Waals surface area contributed by atoms with Crippen LogP contribution in [0.5, 0.6) is 0 Å². The molecule has 2 aromatic rings. The van der Waals surface area contributed by atoms with Crippen LogP contribution in [-0.2, 0) is 34.3 Å². The van der Waals surface area contributed by atoms with E-state index in [4.69, 9.17) is 11.6 Å². The van der Waals surface area contributed by atoms with E-state index in [2.05, 4.69) is 14.9 Å². The molecule has 3 rings (SSSR count). The van der Waals surface area contributed by atoms with Crippen LogP contribution >= 0.6 is 22.9 Å². The number of aryl methyl sites for hydroxylation is 2. The van der Waals surface area contributed by atoms with E-state index in [1.807, 2.05) is 6.20 Å². The van der Waals surface area contributed by atoms with Crippen LogP contribution in [0.3, 0.4) is 0 Å². The molecule has 0 fully saturated rings. The van der Waals surface area contributed by atoms with Gasteiger partial charge in [-0.05, 0) is 25.0 Å². The average Bonchev–Trinajstić information content (AvgIpc) is 3.18. The van der Waals surface area contributed by atoms with Gasteiger partial charge in [-0.3, -0.25) is 4.79 Å². The number of halogens is 1. The molecular weight excluding hydrogens is 384 g/mol. The Hall–Kier alpha value is -1.42. The number of nitrogens with one attached hydrogen (secondary N) is 1. The summed E-state index contributed by atoms with van der Waals surface area (Å²) in [6.07, 6.45) is 5.18. The monoisotopic (exact) mass is 402 g/mol. The number of imidazole rings is 1. The molecule has 0 radical (unpaired) electrons. The van der Waals surface area contributed by atoms with Crippen LogP contribution in [-0.4, -0.2) is 41.8 Å². The number of nitrogens with zero attached hydrogens (tertiary/aromatic N) is 3. The number of hydrogen-bond acceptors (Lipinski definition) is 5. The molecule has 1 aliphatic heterocycles. The van der Waals surface area contributed by atoms with E-state index in [9.17, 15) is 13.2 Å². The number of sulfonamides is 1. The first kappa shape index (κ1) is 18.4. The van der Waals surface area contributed by atoms with Crippen molar-refractivity contribution in [2.75, 3.05) is 13.6 Å². The van der Waals surface area contributed by atoms with E-state index in [0.29, 0.717) is 4.34 Å². The molecule has 1 amide bonds. The van der Waals surface area contributed by atoms with Gasteiger partial charge in [-0.1, -0.05) is 11.6 Å². The van der Waals surface area contributed by atoms with Gasteiger partial charge < -0.3 is 9.88 Å². The lowest BCUT2D eigenvalue weighted by Gasteiger charge is -2.15. The van der Waals surface area contributed by atoms with Gasteiger partial charge in [-0.15, -0.1) is 11.3 Å². The highest BCUT2D eigenvalue weighted by Crippen LogP contribution is 2.27. The van der Waals surface area contributed by atoms with Crippen molar-refractivity contribution >= 4 is 38.9 Å². The molecule has 0 spiro atoms. The number of hydrogen-bond donors (Lipinski definition) is 1. The molecule has 0 atom stereocenters. The minimum atomic E-state index is -3.71. The van der Waals surface area contributed by atoms with Crippen LogP contribution in [0.1, 0.15) is 24.4 Å². The lowest BCUT2D eigenvalue weighted by Crippen LogP contribution is -2.37. The second-order valence-corrected chi connectivity index (χ2v) is 9.88. The Morgan fingerprint density at radius 3 is 2.92 bits per heavy atom. The number of carbonyl (C=O) groups excluding carboxylic acids is 1. The highest BCUT2D eigenvalue weighted by atomic mass is 35.5. The Balaban J connectivity index is 1.56. The van der Waals surface area contributed by atoms with Gasteiger partial charge in [-0.25, -0.2) is 13.4 Å².